The van der Waals surface area contributed by atoms with Gasteiger partial charge in [0.05, 0.1) is 11.1 Å². The van der Waals surface area contributed by atoms with Crippen LogP contribution in [0.5, 0.6) is 0 Å². The number of nitrogens with one attached hydrogen (secondary N) is 1. The van der Waals surface area contributed by atoms with E-state index in [1.54, 1.807) is 6.07 Å². The molecular weight excluding hydrogens is 340 g/mol. The van der Waals surface area contributed by atoms with Crippen LogP contribution in [-0.2, 0) is 13.0 Å². The Morgan fingerprint density at radius 3 is 2.74 bits per heavy atom. The van der Waals surface area contributed by atoms with E-state index in [1.165, 1.54) is 15.6 Å². The van der Waals surface area contributed by atoms with Crippen LogP contribution >= 0.6 is 0 Å². The minimum atomic E-state index is -0.212. The van der Waals surface area contributed by atoms with Gasteiger partial charge >= 0.3 is 0 Å². The molecule has 0 amide bonds. The number of H-pyrrole nitrogens is 1. The molecule has 2 aromatic heterocycles. The number of nitrogens with zero attached hydrogens (tertiary/aromatic N) is 3. The molecule has 2 aromatic carbocycles. The van der Waals surface area contributed by atoms with E-state index >= 15 is 0 Å². The lowest BCUT2D eigenvalue weighted by molar-refractivity contribution is 0.658. The van der Waals surface area contributed by atoms with Gasteiger partial charge in [-0.25, -0.2) is 4.68 Å². The van der Waals surface area contributed by atoms with E-state index in [4.69, 9.17) is 11.6 Å². The van der Waals surface area contributed by atoms with E-state index in [0.717, 1.165) is 22.2 Å². The predicted octanol–water partition coefficient (Wildman–Crippen LogP) is 2.01. The Bertz CT molecular complexity index is 1230. The van der Waals surface area contributed by atoms with Crippen molar-refractivity contribution in [1.82, 2.24) is 14.8 Å². The zero-order valence-corrected chi connectivity index (χ0v) is 14.9. The van der Waals surface area contributed by atoms with Gasteiger partial charge in [-0.2, -0.15) is 10.2 Å². The van der Waals surface area contributed by atoms with Crippen molar-refractivity contribution in [3.8, 4) is 0 Å². The quantitative estimate of drug-likeness (QED) is 0.223. The molecule has 136 valence electrons. The number of fused-ring (bicyclic) bond motifs is 2. The van der Waals surface area contributed by atoms with E-state index in [2.05, 4.69) is 34.2 Å². The summed E-state index contributed by atoms with van der Waals surface area (Å²) in [6, 6.07) is 13.6. The lowest BCUT2D eigenvalue weighted by atomic mass is 10.0. The van der Waals surface area contributed by atoms with Gasteiger partial charge in [0, 0.05) is 28.9 Å². The first-order chi connectivity index (χ1) is 13.1. The third-order valence-corrected chi connectivity index (χ3v) is 4.78. The van der Waals surface area contributed by atoms with Crippen LogP contribution in [0.4, 0.5) is 0 Å². The number of hydrazone groups is 1. The summed E-state index contributed by atoms with van der Waals surface area (Å²) in [5, 5.41) is 10.6. The fourth-order valence-corrected chi connectivity index (χ4v) is 3.51. The number of hydrogen-bond donors (Lipinski definition) is 3. The Labute approximate surface area is 155 Å². The highest BCUT2D eigenvalue weighted by Crippen LogP contribution is 2.25. The minimum Gasteiger partial charge on any atom is -0.384 e. The van der Waals surface area contributed by atoms with Gasteiger partial charge in [-0.15, -0.1) is 0 Å². The molecule has 4 aromatic rings. The highest BCUT2D eigenvalue weighted by molar-refractivity contribution is 5.88. The molecule has 7 nitrogen and oxygen atoms in total. The summed E-state index contributed by atoms with van der Waals surface area (Å²) in [6.07, 6.45) is 2.59. The lowest BCUT2D eigenvalue weighted by Crippen LogP contribution is -2.31. The molecule has 27 heavy (non-hydrogen) atoms. The highest BCUT2D eigenvalue weighted by atomic mass is 16.1. The Morgan fingerprint density at radius 2 is 1.96 bits per heavy atom. The van der Waals surface area contributed by atoms with Gasteiger partial charge in [-0.05, 0) is 30.2 Å². The fraction of sp³-hybridized carbons (Fsp3) is 0.150. The number of aryl methyl sites for hydroxylation is 1. The number of benzene rings is 2. The van der Waals surface area contributed by atoms with Gasteiger partial charge in [0.15, 0.2) is 0 Å². The fourth-order valence-electron chi connectivity index (χ4n) is 3.51. The maximum Gasteiger partial charge on any atom is 0.275 e. The number of aromatic amines is 1. The Morgan fingerprint density at radius 1 is 1.19 bits per heavy atom. The number of nitrogens with two attached hydrogens (primary N) is 2. The molecule has 0 radical (unpaired) electrons. The summed E-state index contributed by atoms with van der Waals surface area (Å²) in [7, 11) is 0. The molecular formula is C20H20N6O. The molecule has 0 unspecified atom stereocenters. The molecule has 0 atom stereocenters. The summed E-state index contributed by atoms with van der Waals surface area (Å²) in [5.74, 6) is 5.37. The van der Waals surface area contributed by atoms with Crippen molar-refractivity contribution in [2.75, 3.05) is 0 Å². The zero-order valence-electron chi connectivity index (χ0n) is 14.9. The van der Waals surface area contributed by atoms with Gasteiger partial charge in [-0.1, -0.05) is 30.3 Å². The Kier molecular flexibility index (Phi) is 4.12. The van der Waals surface area contributed by atoms with Crippen molar-refractivity contribution in [3.05, 3.63) is 75.8 Å². The van der Waals surface area contributed by atoms with Crippen LogP contribution in [0, 0.1) is 6.92 Å². The number of aromatic nitrogens is 3. The van der Waals surface area contributed by atoms with Crippen LogP contribution < -0.4 is 17.1 Å². The van der Waals surface area contributed by atoms with Crippen molar-refractivity contribution in [3.63, 3.8) is 0 Å². The van der Waals surface area contributed by atoms with Crippen molar-refractivity contribution in [2.24, 2.45) is 16.7 Å². The van der Waals surface area contributed by atoms with Gasteiger partial charge in [0.2, 0.25) is 0 Å². The monoisotopic (exact) mass is 360 g/mol. The standard InChI is InChI=1S/C20H20N6O/c1-12-5-4-8-16-19(12)13(10-23-16)9-17-14-6-2-3-7-15(14)20(27)26(25-17)11-18(21)24-22/h2-8,10,23H,9,11,22H2,1H3,(H2,21,24). The molecule has 0 saturated heterocycles. The molecule has 0 spiro atoms. The third-order valence-electron chi connectivity index (χ3n) is 4.78. The van der Waals surface area contributed by atoms with Crippen LogP contribution in [0.25, 0.3) is 21.7 Å². The van der Waals surface area contributed by atoms with Crippen molar-refractivity contribution < 1.29 is 0 Å². The van der Waals surface area contributed by atoms with Crippen LogP contribution in [-0.4, -0.2) is 20.6 Å². The number of amidine groups is 1. The maximum atomic E-state index is 12.7. The summed E-state index contributed by atoms with van der Waals surface area (Å²) in [5.41, 5.74) is 9.72. The normalized spacial score (nSPS) is 12.1. The average molecular weight is 360 g/mol. The minimum absolute atomic E-state index is 0.0556. The second kappa shape index (κ2) is 6.60. The molecule has 0 bridgehead atoms. The lowest BCUT2D eigenvalue weighted by Gasteiger charge is -2.11. The highest BCUT2D eigenvalue weighted by Gasteiger charge is 2.14. The zero-order chi connectivity index (χ0) is 19.0. The molecule has 0 aliphatic carbocycles. The van der Waals surface area contributed by atoms with Gasteiger partial charge in [0.25, 0.3) is 5.56 Å². The molecule has 0 aliphatic rings. The summed E-state index contributed by atoms with van der Waals surface area (Å²) in [6.45, 7) is 2.14. The van der Waals surface area contributed by atoms with Crippen LogP contribution in [0.3, 0.4) is 0 Å². The van der Waals surface area contributed by atoms with E-state index in [-0.39, 0.29) is 17.9 Å². The van der Waals surface area contributed by atoms with Crippen LogP contribution in [0.15, 0.2) is 58.6 Å². The van der Waals surface area contributed by atoms with Crippen LogP contribution in [0.2, 0.25) is 0 Å². The average Bonchev–Trinajstić information content (AvgIpc) is 3.09. The smallest absolute Gasteiger partial charge is 0.275 e. The van der Waals surface area contributed by atoms with Crippen molar-refractivity contribution >= 4 is 27.5 Å². The topological polar surface area (TPSA) is 115 Å². The largest absolute Gasteiger partial charge is 0.384 e. The molecule has 0 saturated carbocycles. The van der Waals surface area contributed by atoms with Gasteiger partial charge in [0.1, 0.15) is 12.4 Å². The molecule has 2 heterocycles. The SMILES string of the molecule is Cc1cccc2[nH]cc(Cc3nn(C/C(N)=N/N)c(=O)c4ccccc34)c12. The Balaban J connectivity index is 1.90. The predicted molar refractivity (Wildman–Crippen MR) is 108 cm³/mol. The number of rotatable bonds is 4. The van der Waals surface area contributed by atoms with Gasteiger partial charge in [-0.3, -0.25) is 4.79 Å². The third kappa shape index (κ3) is 2.93. The second-order valence-corrected chi connectivity index (χ2v) is 6.56. The first-order valence-electron chi connectivity index (χ1n) is 8.65. The van der Waals surface area contributed by atoms with E-state index in [9.17, 15) is 4.79 Å². The second-order valence-electron chi connectivity index (χ2n) is 6.56. The summed E-state index contributed by atoms with van der Waals surface area (Å²) < 4.78 is 1.32. The molecule has 4 rings (SSSR count). The first-order valence-corrected chi connectivity index (χ1v) is 8.65. The molecule has 0 aliphatic heterocycles. The summed E-state index contributed by atoms with van der Waals surface area (Å²) >= 11 is 0. The van der Waals surface area contributed by atoms with E-state index in [0.29, 0.717) is 11.8 Å². The maximum absolute atomic E-state index is 12.7. The Hall–Kier alpha value is -3.61. The first kappa shape index (κ1) is 16.8. The summed E-state index contributed by atoms with van der Waals surface area (Å²) in [4.78, 5) is 16.1. The molecule has 7 heteroatoms. The van der Waals surface area contributed by atoms with Crippen molar-refractivity contribution in [2.45, 2.75) is 19.9 Å². The van der Waals surface area contributed by atoms with Crippen LogP contribution in [0.1, 0.15) is 16.8 Å². The van der Waals surface area contributed by atoms with Gasteiger partial charge < -0.3 is 16.6 Å². The van der Waals surface area contributed by atoms with E-state index < -0.39 is 0 Å². The molecule has 5 N–H and O–H groups in total. The number of hydrogen-bond acceptors (Lipinski definition) is 4. The molecule has 0 fully saturated rings. The van der Waals surface area contributed by atoms with Crippen molar-refractivity contribution in [1.29, 1.82) is 0 Å². The van der Waals surface area contributed by atoms with E-state index in [1.807, 2.05) is 30.5 Å².